The van der Waals surface area contributed by atoms with E-state index in [0.717, 1.165) is 6.07 Å². The number of carbonyl (C=O) groups excluding carboxylic acids is 1. The Bertz CT molecular complexity index is 1710. The van der Waals surface area contributed by atoms with Gasteiger partial charge >= 0.3 is 0 Å². The average Bonchev–Trinajstić information content (AvgIpc) is 2.83. The number of nitrogens with one attached hydrogen (secondary N) is 1. The van der Waals surface area contributed by atoms with Crippen molar-refractivity contribution in [2.45, 2.75) is 18.7 Å². The molecule has 0 aromatic heterocycles. The third kappa shape index (κ3) is 5.89. The van der Waals surface area contributed by atoms with Crippen LogP contribution in [-0.2, 0) is 10.1 Å². The summed E-state index contributed by atoms with van der Waals surface area (Å²) in [6.45, 7) is 3.85. The van der Waals surface area contributed by atoms with Crippen LogP contribution in [0.4, 0.5) is 17.1 Å². The number of benzene rings is 4. The fourth-order valence-corrected chi connectivity index (χ4v) is 5.03. The number of carbonyl (C=O) groups is 1. The quantitative estimate of drug-likeness (QED) is 0.155. The highest BCUT2D eigenvalue weighted by molar-refractivity contribution is 7.86. The molecular formula is C26H21Cl2N3O6S. The Kier molecular flexibility index (Phi) is 7.89. The Morgan fingerprint density at radius 3 is 2.50 bits per heavy atom. The van der Waals surface area contributed by atoms with E-state index >= 15 is 0 Å². The molecule has 0 saturated carbocycles. The van der Waals surface area contributed by atoms with Crippen LogP contribution in [0.25, 0.3) is 10.8 Å². The van der Waals surface area contributed by atoms with E-state index in [-0.39, 0.29) is 22.0 Å². The molecule has 1 amide bonds. The second kappa shape index (κ2) is 11.0. The Labute approximate surface area is 228 Å². The molecule has 0 fully saturated rings. The highest BCUT2D eigenvalue weighted by Crippen LogP contribution is 2.40. The normalized spacial score (nSPS) is 11.7. The van der Waals surface area contributed by atoms with Gasteiger partial charge in [0.2, 0.25) is 0 Å². The molecule has 0 aliphatic rings. The number of halogens is 2. The number of phenolic OH excluding ortho intramolecular Hbond substituents is 1. The molecular weight excluding hydrogens is 553 g/mol. The molecule has 0 aliphatic carbocycles. The lowest BCUT2D eigenvalue weighted by molar-refractivity contribution is 0.102. The van der Waals surface area contributed by atoms with Crippen molar-refractivity contribution < 1.29 is 27.6 Å². The number of rotatable bonds is 7. The van der Waals surface area contributed by atoms with Gasteiger partial charge < -0.3 is 15.2 Å². The van der Waals surface area contributed by atoms with Crippen molar-refractivity contribution in [3.05, 3.63) is 81.8 Å². The molecule has 38 heavy (non-hydrogen) atoms. The topological polar surface area (TPSA) is 138 Å². The van der Waals surface area contributed by atoms with Gasteiger partial charge in [-0.25, -0.2) is 0 Å². The van der Waals surface area contributed by atoms with Crippen LogP contribution in [0.5, 0.6) is 11.5 Å². The Morgan fingerprint density at radius 1 is 1.05 bits per heavy atom. The first-order chi connectivity index (χ1) is 18.0. The summed E-state index contributed by atoms with van der Waals surface area (Å²) in [5.74, 6) is -0.612. The van der Waals surface area contributed by atoms with E-state index in [1.54, 1.807) is 43.3 Å². The van der Waals surface area contributed by atoms with Gasteiger partial charge in [0.1, 0.15) is 16.3 Å². The van der Waals surface area contributed by atoms with Crippen LogP contribution in [0.15, 0.2) is 75.8 Å². The molecule has 4 aromatic rings. The van der Waals surface area contributed by atoms with Gasteiger partial charge in [0.25, 0.3) is 16.0 Å². The molecule has 0 bridgehead atoms. The number of anilines is 1. The predicted molar refractivity (Wildman–Crippen MR) is 146 cm³/mol. The van der Waals surface area contributed by atoms with E-state index in [1.165, 1.54) is 18.2 Å². The second-order valence-electron chi connectivity index (χ2n) is 8.15. The molecule has 9 nitrogen and oxygen atoms in total. The summed E-state index contributed by atoms with van der Waals surface area (Å²) >= 11 is 12.1. The van der Waals surface area contributed by atoms with Gasteiger partial charge in [0.15, 0.2) is 5.75 Å². The van der Waals surface area contributed by atoms with Crippen molar-refractivity contribution in [1.29, 1.82) is 0 Å². The first-order valence-electron chi connectivity index (χ1n) is 11.2. The number of hydrogen-bond donors (Lipinski definition) is 3. The van der Waals surface area contributed by atoms with Crippen LogP contribution in [0.1, 0.15) is 22.8 Å². The Hall–Kier alpha value is -3.70. The summed E-state index contributed by atoms with van der Waals surface area (Å²) in [7, 11) is -4.61. The lowest BCUT2D eigenvalue weighted by Gasteiger charge is -2.12. The van der Waals surface area contributed by atoms with E-state index in [0.29, 0.717) is 39.4 Å². The van der Waals surface area contributed by atoms with Gasteiger partial charge in [-0.15, -0.1) is 5.11 Å². The Morgan fingerprint density at radius 2 is 1.79 bits per heavy atom. The molecule has 4 aromatic carbocycles. The van der Waals surface area contributed by atoms with Gasteiger partial charge in [0, 0.05) is 22.2 Å². The van der Waals surface area contributed by atoms with E-state index in [4.69, 9.17) is 27.9 Å². The van der Waals surface area contributed by atoms with Crippen LogP contribution in [0.3, 0.4) is 0 Å². The summed E-state index contributed by atoms with van der Waals surface area (Å²) < 4.78 is 38.2. The minimum atomic E-state index is -4.61. The van der Waals surface area contributed by atoms with E-state index in [9.17, 15) is 22.9 Å². The molecule has 0 atom stereocenters. The number of fused-ring (bicyclic) bond motifs is 1. The second-order valence-corrected chi connectivity index (χ2v) is 10.4. The number of nitrogens with zero attached hydrogens (tertiary/aromatic N) is 2. The van der Waals surface area contributed by atoms with Crippen LogP contribution < -0.4 is 10.1 Å². The molecule has 0 saturated heterocycles. The molecule has 0 aliphatic heterocycles. The average molecular weight is 574 g/mol. The van der Waals surface area contributed by atoms with E-state index in [1.807, 2.05) is 6.92 Å². The molecule has 3 N–H and O–H groups in total. The zero-order valence-electron chi connectivity index (χ0n) is 20.1. The van der Waals surface area contributed by atoms with Crippen LogP contribution in [0.2, 0.25) is 10.0 Å². The summed E-state index contributed by atoms with van der Waals surface area (Å²) in [4.78, 5) is 12.7. The first-order valence-corrected chi connectivity index (χ1v) is 13.4. The van der Waals surface area contributed by atoms with E-state index < -0.39 is 26.7 Å². The van der Waals surface area contributed by atoms with Crippen molar-refractivity contribution in [2.24, 2.45) is 10.2 Å². The zero-order valence-corrected chi connectivity index (χ0v) is 22.4. The molecule has 0 heterocycles. The van der Waals surface area contributed by atoms with Crippen molar-refractivity contribution >= 4 is 67.1 Å². The van der Waals surface area contributed by atoms with Crippen LogP contribution in [-0.4, -0.2) is 30.6 Å². The maximum absolute atomic E-state index is 13.2. The number of aromatic hydroxyl groups is 1. The smallest absolute Gasteiger partial charge is 0.296 e. The van der Waals surface area contributed by atoms with Gasteiger partial charge in [-0.1, -0.05) is 47.5 Å². The number of phenols is 1. The monoisotopic (exact) mass is 573 g/mol. The maximum atomic E-state index is 13.2. The number of aryl methyl sites for hydroxylation is 1. The molecule has 0 radical (unpaired) electrons. The molecule has 0 unspecified atom stereocenters. The minimum absolute atomic E-state index is 0.0166. The third-order valence-electron chi connectivity index (χ3n) is 5.47. The van der Waals surface area contributed by atoms with Gasteiger partial charge in [0.05, 0.1) is 22.9 Å². The third-order valence-corrected chi connectivity index (χ3v) is 7.00. The first kappa shape index (κ1) is 27.3. The van der Waals surface area contributed by atoms with E-state index in [2.05, 4.69) is 15.5 Å². The van der Waals surface area contributed by atoms with Crippen molar-refractivity contribution in [3.8, 4) is 11.5 Å². The lowest BCUT2D eigenvalue weighted by atomic mass is 10.0. The number of ether oxygens (including phenoxy) is 1. The number of hydrogen-bond acceptors (Lipinski definition) is 7. The zero-order chi connectivity index (χ0) is 27.6. The van der Waals surface area contributed by atoms with Gasteiger partial charge in [-0.05, 0) is 55.1 Å². The van der Waals surface area contributed by atoms with Crippen molar-refractivity contribution in [1.82, 2.24) is 0 Å². The number of azo groups is 1. The predicted octanol–water partition coefficient (Wildman–Crippen LogP) is 7.47. The molecule has 196 valence electrons. The van der Waals surface area contributed by atoms with Crippen LogP contribution in [0, 0.1) is 6.92 Å². The highest BCUT2D eigenvalue weighted by atomic mass is 35.5. The fourth-order valence-electron chi connectivity index (χ4n) is 3.73. The molecule has 0 spiro atoms. The van der Waals surface area contributed by atoms with Gasteiger partial charge in [-0.2, -0.15) is 13.5 Å². The number of amides is 1. The summed E-state index contributed by atoms with van der Waals surface area (Å²) in [5.41, 5.74) is 0.813. The van der Waals surface area contributed by atoms with Crippen LogP contribution >= 0.6 is 23.2 Å². The summed E-state index contributed by atoms with van der Waals surface area (Å²) in [6, 6.07) is 15.6. The molecule has 12 heteroatoms. The Balaban J connectivity index is 1.79. The SMILES string of the molecule is CCOc1cc(Cl)cc(NC(=O)c2cc3ccccc3c(N=Nc3cc(S(=O)(=O)O)c(Cl)cc3C)c2O)c1. The lowest BCUT2D eigenvalue weighted by Crippen LogP contribution is -2.12. The fraction of sp³-hybridized carbons (Fsp3) is 0.115. The van der Waals surface area contributed by atoms with Gasteiger partial charge in [-0.3, -0.25) is 9.35 Å². The largest absolute Gasteiger partial charge is 0.505 e. The maximum Gasteiger partial charge on any atom is 0.296 e. The van der Waals surface area contributed by atoms with Crippen molar-refractivity contribution in [3.63, 3.8) is 0 Å². The van der Waals surface area contributed by atoms with Crippen molar-refractivity contribution in [2.75, 3.05) is 11.9 Å². The minimum Gasteiger partial charge on any atom is -0.505 e. The highest BCUT2D eigenvalue weighted by Gasteiger charge is 2.20. The molecule has 4 rings (SSSR count). The standard InChI is InChI=1S/C26H21Cl2N3O6S/c1-3-37-18-11-16(27)10-17(12-18)29-26(33)20-9-15-6-4-5-7-19(15)24(25(20)32)31-30-22-13-23(38(34,35)36)21(28)8-14(22)2/h4-13,32H,3H2,1-2H3,(H,29,33)(H,34,35,36). The summed E-state index contributed by atoms with van der Waals surface area (Å²) in [6.07, 6.45) is 0. The summed E-state index contributed by atoms with van der Waals surface area (Å²) in [5, 5.41) is 23.3.